The second-order valence-electron chi connectivity index (χ2n) is 8.60. The predicted octanol–water partition coefficient (Wildman–Crippen LogP) is -1.38. The van der Waals surface area contributed by atoms with Gasteiger partial charge >= 0.3 is 5.97 Å². The molecule has 0 aliphatic heterocycles. The molecule has 0 saturated carbocycles. The van der Waals surface area contributed by atoms with Crippen molar-refractivity contribution in [3.63, 3.8) is 0 Å². The number of carboxylic acid groups (broad SMARTS) is 1. The Morgan fingerprint density at radius 1 is 0.919 bits per heavy atom. The van der Waals surface area contributed by atoms with Gasteiger partial charge in [0.2, 0.25) is 11.8 Å². The standard InChI is InChI=1S/C23H36N10O4/c24-15(11-13-12-31-16-6-2-1-5-14(13)16)19(34)32-17(7-3-9-29-22(25)26)20(35)33-18(21(36)37)8-4-10-30-23(27)28/h1-2,5-6,12,15,17-18,31H,3-4,7-11,24H2,(H,32,34)(H,33,35)(H,36,37)(H4,25,26,29)(H4,27,28,30)/t15-,17-,18-/m0/s1. The second kappa shape index (κ2) is 14.3. The third-order valence-electron chi connectivity index (χ3n) is 5.67. The number of fused-ring (bicyclic) bond motifs is 1. The fourth-order valence-corrected chi connectivity index (χ4v) is 3.77. The van der Waals surface area contributed by atoms with E-state index in [9.17, 15) is 19.5 Å². The molecule has 1 heterocycles. The molecular formula is C23H36N10O4. The molecule has 14 nitrogen and oxygen atoms in total. The van der Waals surface area contributed by atoms with Crippen LogP contribution in [0, 0.1) is 10.8 Å². The quantitative estimate of drug-likeness (QED) is 0.0755. The molecule has 37 heavy (non-hydrogen) atoms. The zero-order valence-corrected chi connectivity index (χ0v) is 20.5. The summed E-state index contributed by atoms with van der Waals surface area (Å²) in [6.07, 6.45) is 2.98. The van der Waals surface area contributed by atoms with Crippen molar-refractivity contribution in [3.8, 4) is 0 Å². The summed E-state index contributed by atoms with van der Waals surface area (Å²) in [6.45, 7) is 0.560. The van der Waals surface area contributed by atoms with E-state index in [1.807, 2.05) is 24.3 Å². The van der Waals surface area contributed by atoms with Gasteiger partial charge in [-0.2, -0.15) is 0 Å². The Hall–Kier alpha value is -4.33. The lowest BCUT2D eigenvalue weighted by Gasteiger charge is -2.23. The number of guanidine groups is 2. The summed E-state index contributed by atoms with van der Waals surface area (Å²) in [5.41, 5.74) is 18.4. The lowest BCUT2D eigenvalue weighted by Crippen LogP contribution is -2.55. The number of aromatic nitrogens is 1. The van der Waals surface area contributed by atoms with Crippen LogP contribution in [0.25, 0.3) is 10.9 Å². The first kappa shape index (κ1) is 28.9. The lowest BCUT2D eigenvalue weighted by atomic mass is 10.0. The predicted molar refractivity (Wildman–Crippen MR) is 140 cm³/mol. The van der Waals surface area contributed by atoms with Gasteiger partial charge in [-0.05, 0) is 43.7 Å². The van der Waals surface area contributed by atoms with Crippen molar-refractivity contribution in [2.75, 3.05) is 13.1 Å². The van der Waals surface area contributed by atoms with Gasteiger partial charge in [-0.3, -0.25) is 20.4 Å². The van der Waals surface area contributed by atoms with Gasteiger partial charge in [0.05, 0.1) is 6.04 Å². The Labute approximate surface area is 214 Å². The molecule has 1 aromatic carbocycles. The minimum Gasteiger partial charge on any atom is -0.480 e. The maximum atomic E-state index is 13.0. The maximum Gasteiger partial charge on any atom is 0.326 e. The van der Waals surface area contributed by atoms with Crippen molar-refractivity contribution >= 4 is 40.6 Å². The summed E-state index contributed by atoms with van der Waals surface area (Å²) in [5, 5.41) is 35.2. The Morgan fingerprint density at radius 2 is 1.49 bits per heavy atom. The van der Waals surface area contributed by atoms with E-state index in [1.165, 1.54) is 0 Å². The molecule has 0 unspecified atom stereocenters. The van der Waals surface area contributed by atoms with Crippen LogP contribution in [-0.4, -0.2) is 71.0 Å². The molecule has 0 aliphatic carbocycles. The molecule has 1 aromatic heterocycles. The number of carbonyl (C=O) groups excluding carboxylic acids is 2. The minimum absolute atomic E-state index is 0.0913. The Balaban J connectivity index is 2.03. The zero-order chi connectivity index (χ0) is 27.4. The molecule has 0 fully saturated rings. The number of carboxylic acids is 1. The highest BCUT2D eigenvalue weighted by molar-refractivity contribution is 5.92. The monoisotopic (exact) mass is 516 g/mol. The maximum absolute atomic E-state index is 13.0. The number of amides is 2. The van der Waals surface area contributed by atoms with Crippen molar-refractivity contribution in [3.05, 3.63) is 36.0 Å². The van der Waals surface area contributed by atoms with Crippen LogP contribution >= 0.6 is 0 Å². The number of rotatable bonds is 15. The van der Waals surface area contributed by atoms with E-state index >= 15 is 0 Å². The van der Waals surface area contributed by atoms with Crippen LogP contribution in [-0.2, 0) is 20.8 Å². The number of aliphatic carboxylic acids is 1. The first-order chi connectivity index (χ1) is 17.6. The van der Waals surface area contributed by atoms with Gasteiger partial charge in [0, 0.05) is 30.2 Å². The summed E-state index contributed by atoms with van der Waals surface area (Å²) in [6, 6.07) is 4.41. The minimum atomic E-state index is -1.23. The number of para-hydroxylation sites is 1. The van der Waals surface area contributed by atoms with E-state index in [2.05, 4.69) is 26.3 Å². The highest BCUT2D eigenvalue weighted by Gasteiger charge is 2.28. The number of benzene rings is 1. The highest BCUT2D eigenvalue weighted by atomic mass is 16.4. The number of H-pyrrole nitrogens is 1. The van der Waals surface area contributed by atoms with Crippen LogP contribution < -0.4 is 38.5 Å². The molecule has 2 aromatic rings. The van der Waals surface area contributed by atoms with E-state index in [4.69, 9.17) is 28.0 Å². The number of nitrogens with two attached hydrogens (primary N) is 3. The van der Waals surface area contributed by atoms with Crippen molar-refractivity contribution < 1.29 is 19.5 Å². The average Bonchev–Trinajstić information content (AvgIpc) is 3.24. The molecule has 0 spiro atoms. The smallest absolute Gasteiger partial charge is 0.326 e. The van der Waals surface area contributed by atoms with Crippen LogP contribution in [0.3, 0.4) is 0 Å². The van der Waals surface area contributed by atoms with Crippen molar-refractivity contribution in [1.29, 1.82) is 10.8 Å². The van der Waals surface area contributed by atoms with E-state index < -0.39 is 35.9 Å². The van der Waals surface area contributed by atoms with Crippen LogP contribution in [0.1, 0.15) is 31.2 Å². The lowest BCUT2D eigenvalue weighted by molar-refractivity contribution is -0.142. The number of hydrogen-bond donors (Lipinski definition) is 11. The average molecular weight is 517 g/mol. The molecule has 0 aliphatic rings. The largest absolute Gasteiger partial charge is 0.480 e. The molecular weight excluding hydrogens is 480 g/mol. The molecule has 2 rings (SSSR count). The molecule has 14 N–H and O–H groups in total. The summed E-state index contributed by atoms with van der Waals surface area (Å²) in [7, 11) is 0. The van der Waals surface area contributed by atoms with Crippen LogP contribution in [0.2, 0.25) is 0 Å². The SMILES string of the molecule is N=C(N)NCCC[C@H](NC(=O)[C@H](CCCNC(=N)N)NC(=O)[C@@H](N)Cc1c[nH]c2ccccc12)C(=O)O. The first-order valence-electron chi connectivity index (χ1n) is 11.9. The second-order valence-corrected chi connectivity index (χ2v) is 8.60. The van der Waals surface area contributed by atoms with Crippen LogP contribution in [0.4, 0.5) is 0 Å². The highest BCUT2D eigenvalue weighted by Crippen LogP contribution is 2.18. The number of carbonyl (C=O) groups is 3. The van der Waals surface area contributed by atoms with E-state index in [-0.39, 0.29) is 44.3 Å². The molecule has 202 valence electrons. The van der Waals surface area contributed by atoms with Gasteiger partial charge in [0.25, 0.3) is 0 Å². The summed E-state index contributed by atoms with van der Waals surface area (Å²) in [5.74, 6) is -2.90. The van der Waals surface area contributed by atoms with Crippen molar-refractivity contribution in [2.24, 2.45) is 17.2 Å². The summed E-state index contributed by atoms with van der Waals surface area (Å²) < 4.78 is 0. The van der Waals surface area contributed by atoms with Crippen LogP contribution in [0.15, 0.2) is 30.5 Å². The topological polar surface area (TPSA) is 261 Å². The third kappa shape index (κ3) is 9.68. The van der Waals surface area contributed by atoms with E-state index in [0.29, 0.717) is 12.8 Å². The van der Waals surface area contributed by atoms with Gasteiger partial charge in [0.15, 0.2) is 11.9 Å². The molecule has 0 saturated heterocycles. The summed E-state index contributed by atoms with van der Waals surface area (Å²) in [4.78, 5) is 40.7. The third-order valence-corrected chi connectivity index (χ3v) is 5.67. The van der Waals surface area contributed by atoms with Crippen LogP contribution in [0.5, 0.6) is 0 Å². The van der Waals surface area contributed by atoms with Gasteiger partial charge in [-0.15, -0.1) is 0 Å². The molecule has 0 radical (unpaired) electrons. The summed E-state index contributed by atoms with van der Waals surface area (Å²) >= 11 is 0. The normalized spacial score (nSPS) is 13.2. The molecule has 14 heteroatoms. The zero-order valence-electron chi connectivity index (χ0n) is 20.5. The van der Waals surface area contributed by atoms with Crippen molar-refractivity contribution in [1.82, 2.24) is 26.3 Å². The first-order valence-corrected chi connectivity index (χ1v) is 11.9. The van der Waals surface area contributed by atoms with E-state index in [0.717, 1.165) is 16.5 Å². The molecule has 3 atom stereocenters. The Kier molecular flexibility index (Phi) is 11.2. The van der Waals surface area contributed by atoms with Gasteiger partial charge in [-0.1, -0.05) is 18.2 Å². The van der Waals surface area contributed by atoms with Gasteiger partial charge < -0.3 is 48.6 Å². The number of nitrogens with one attached hydrogen (secondary N) is 7. The fraction of sp³-hybridized carbons (Fsp3) is 0.435. The Morgan fingerprint density at radius 3 is 2.08 bits per heavy atom. The number of aromatic amines is 1. The van der Waals surface area contributed by atoms with E-state index in [1.54, 1.807) is 6.20 Å². The Bertz CT molecular complexity index is 1100. The molecule has 0 bridgehead atoms. The van der Waals surface area contributed by atoms with Gasteiger partial charge in [0.1, 0.15) is 12.1 Å². The number of hydrogen-bond acceptors (Lipinski definition) is 6. The molecule has 2 amide bonds. The van der Waals surface area contributed by atoms with Crippen molar-refractivity contribution in [2.45, 2.75) is 50.2 Å². The van der Waals surface area contributed by atoms with Gasteiger partial charge in [-0.25, -0.2) is 4.79 Å². The fourth-order valence-electron chi connectivity index (χ4n) is 3.77.